The van der Waals surface area contributed by atoms with E-state index in [9.17, 15) is 0 Å². The summed E-state index contributed by atoms with van der Waals surface area (Å²) in [7, 11) is 0. The lowest BCUT2D eigenvalue weighted by atomic mass is 10.4. The van der Waals surface area contributed by atoms with Gasteiger partial charge >= 0.3 is 0 Å². The first-order valence-corrected chi connectivity index (χ1v) is 6.39. The van der Waals surface area contributed by atoms with Crippen LogP contribution >= 0.6 is 11.8 Å². The second-order valence-corrected chi connectivity index (χ2v) is 4.18. The molecule has 90 valence electrons. The Hall–Kier alpha value is -0.650. The van der Waals surface area contributed by atoms with Crippen molar-refractivity contribution in [2.75, 3.05) is 19.0 Å². The summed E-state index contributed by atoms with van der Waals surface area (Å²) in [6.07, 6.45) is 3.45. The molecule has 4 nitrogen and oxygen atoms in total. The summed E-state index contributed by atoms with van der Waals surface area (Å²) in [5.41, 5.74) is 1.07. The fourth-order valence-electron chi connectivity index (χ4n) is 1.11. The predicted octanol–water partition coefficient (Wildman–Crippen LogP) is 2.28. The number of aryl methyl sites for hydroxylation is 1. The fraction of sp³-hybridized carbons (Fsp3) is 0.636. The van der Waals surface area contributed by atoms with E-state index in [0.29, 0.717) is 19.0 Å². The Morgan fingerprint density at radius 2 is 1.75 bits per heavy atom. The Labute approximate surface area is 101 Å². The average Bonchev–Trinajstić information content (AvgIpc) is 2.29. The standard InChI is InChI=1S/C11H18N2O2S/c1-4-14-10(15-5-2)8-16-11-12-6-9(3)7-13-11/h6-7,10H,4-5,8H2,1-3H3. The second kappa shape index (κ2) is 7.60. The molecular weight excluding hydrogens is 224 g/mol. The van der Waals surface area contributed by atoms with Crippen LogP contribution in [-0.2, 0) is 9.47 Å². The minimum atomic E-state index is -0.176. The molecule has 0 fully saturated rings. The van der Waals surface area contributed by atoms with E-state index in [4.69, 9.17) is 9.47 Å². The van der Waals surface area contributed by atoms with Crippen molar-refractivity contribution in [2.45, 2.75) is 32.2 Å². The van der Waals surface area contributed by atoms with Crippen molar-refractivity contribution in [3.05, 3.63) is 18.0 Å². The maximum Gasteiger partial charge on any atom is 0.187 e. The molecule has 16 heavy (non-hydrogen) atoms. The topological polar surface area (TPSA) is 44.2 Å². The Kier molecular flexibility index (Phi) is 6.37. The summed E-state index contributed by atoms with van der Waals surface area (Å²) < 4.78 is 10.9. The van der Waals surface area contributed by atoms with Gasteiger partial charge in [-0.1, -0.05) is 11.8 Å². The monoisotopic (exact) mass is 242 g/mol. The molecule has 0 bridgehead atoms. The molecule has 0 aliphatic heterocycles. The molecule has 0 aliphatic carbocycles. The molecule has 0 radical (unpaired) electrons. The Bertz CT molecular complexity index is 287. The van der Waals surface area contributed by atoms with Crippen LogP contribution in [0.25, 0.3) is 0 Å². The largest absolute Gasteiger partial charge is 0.352 e. The molecule has 0 atom stereocenters. The van der Waals surface area contributed by atoms with E-state index >= 15 is 0 Å². The van der Waals surface area contributed by atoms with Gasteiger partial charge < -0.3 is 9.47 Å². The summed E-state index contributed by atoms with van der Waals surface area (Å²) in [6.45, 7) is 7.19. The van der Waals surface area contributed by atoms with E-state index in [1.807, 2.05) is 33.2 Å². The van der Waals surface area contributed by atoms with Crippen LogP contribution < -0.4 is 0 Å². The number of rotatable bonds is 7. The van der Waals surface area contributed by atoms with Crippen LogP contribution in [0.2, 0.25) is 0 Å². The van der Waals surface area contributed by atoms with E-state index in [2.05, 4.69) is 9.97 Å². The van der Waals surface area contributed by atoms with Crippen LogP contribution in [-0.4, -0.2) is 35.2 Å². The zero-order chi connectivity index (χ0) is 11.8. The van der Waals surface area contributed by atoms with Gasteiger partial charge in [0, 0.05) is 25.6 Å². The minimum absolute atomic E-state index is 0.176. The Morgan fingerprint density at radius 3 is 2.25 bits per heavy atom. The highest BCUT2D eigenvalue weighted by molar-refractivity contribution is 7.99. The summed E-state index contributed by atoms with van der Waals surface area (Å²) >= 11 is 1.54. The normalized spacial score (nSPS) is 11.0. The van der Waals surface area contributed by atoms with Crippen molar-refractivity contribution in [3.8, 4) is 0 Å². The third-order valence-corrected chi connectivity index (χ3v) is 2.72. The highest BCUT2D eigenvalue weighted by Gasteiger charge is 2.09. The first-order chi connectivity index (χ1) is 7.76. The number of hydrogen-bond donors (Lipinski definition) is 0. The molecule has 0 aromatic carbocycles. The van der Waals surface area contributed by atoms with E-state index in [0.717, 1.165) is 10.7 Å². The van der Waals surface area contributed by atoms with Crippen molar-refractivity contribution in [2.24, 2.45) is 0 Å². The quantitative estimate of drug-likeness (QED) is 0.417. The zero-order valence-corrected chi connectivity index (χ0v) is 10.8. The highest BCUT2D eigenvalue weighted by atomic mass is 32.2. The first kappa shape index (κ1) is 13.4. The lowest BCUT2D eigenvalue weighted by Gasteiger charge is -2.15. The number of hydrogen-bond acceptors (Lipinski definition) is 5. The molecule has 1 aromatic heterocycles. The van der Waals surface area contributed by atoms with Crippen molar-refractivity contribution in [3.63, 3.8) is 0 Å². The molecule has 1 heterocycles. The molecular formula is C11H18N2O2S. The average molecular weight is 242 g/mol. The number of thioether (sulfide) groups is 1. The van der Waals surface area contributed by atoms with E-state index in [-0.39, 0.29) is 6.29 Å². The molecule has 1 aromatic rings. The fourth-order valence-corrected chi connectivity index (χ4v) is 1.85. The van der Waals surface area contributed by atoms with Crippen LogP contribution in [0.15, 0.2) is 17.6 Å². The lowest BCUT2D eigenvalue weighted by molar-refractivity contribution is -0.120. The van der Waals surface area contributed by atoms with Crippen LogP contribution in [0.1, 0.15) is 19.4 Å². The maximum absolute atomic E-state index is 5.43. The summed E-state index contributed by atoms with van der Waals surface area (Å²) in [6, 6.07) is 0. The van der Waals surface area contributed by atoms with Crippen LogP contribution in [0.4, 0.5) is 0 Å². The predicted molar refractivity (Wildman–Crippen MR) is 64.5 cm³/mol. The van der Waals surface area contributed by atoms with Crippen LogP contribution in [0.3, 0.4) is 0 Å². The van der Waals surface area contributed by atoms with Gasteiger partial charge in [-0.25, -0.2) is 9.97 Å². The lowest BCUT2D eigenvalue weighted by Crippen LogP contribution is -2.20. The summed E-state index contributed by atoms with van der Waals surface area (Å²) in [5, 5.41) is 0.759. The van der Waals surface area contributed by atoms with E-state index in [1.165, 1.54) is 0 Å². The SMILES string of the molecule is CCOC(CSc1ncc(C)cn1)OCC. The molecule has 0 saturated carbocycles. The van der Waals surface area contributed by atoms with Gasteiger partial charge in [-0.2, -0.15) is 0 Å². The molecule has 5 heteroatoms. The number of ether oxygens (including phenoxy) is 2. The van der Waals surface area contributed by atoms with Gasteiger partial charge in [0.1, 0.15) is 0 Å². The van der Waals surface area contributed by atoms with Crippen molar-refractivity contribution >= 4 is 11.8 Å². The molecule has 1 rings (SSSR count). The molecule has 0 saturated heterocycles. The van der Waals surface area contributed by atoms with Crippen molar-refractivity contribution < 1.29 is 9.47 Å². The Morgan fingerprint density at radius 1 is 1.19 bits per heavy atom. The van der Waals surface area contributed by atoms with Crippen LogP contribution in [0, 0.1) is 6.92 Å². The third-order valence-electron chi connectivity index (χ3n) is 1.81. The van der Waals surface area contributed by atoms with Gasteiger partial charge in [-0.3, -0.25) is 0 Å². The van der Waals surface area contributed by atoms with Gasteiger partial charge in [0.15, 0.2) is 11.4 Å². The van der Waals surface area contributed by atoms with Gasteiger partial charge in [0.2, 0.25) is 0 Å². The van der Waals surface area contributed by atoms with Crippen molar-refractivity contribution in [1.82, 2.24) is 9.97 Å². The van der Waals surface area contributed by atoms with Gasteiger partial charge in [0.05, 0.1) is 5.75 Å². The number of aromatic nitrogens is 2. The smallest absolute Gasteiger partial charge is 0.187 e. The molecule has 0 unspecified atom stereocenters. The van der Waals surface area contributed by atoms with Gasteiger partial charge in [-0.05, 0) is 26.3 Å². The zero-order valence-electron chi connectivity index (χ0n) is 9.97. The molecule has 0 spiro atoms. The van der Waals surface area contributed by atoms with E-state index in [1.54, 1.807) is 11.8 Å². The molecule has 0 aliphatic rings. The highest BCUT2D eigenvalue weighted by Crippen LogP contribution is 2.15. The second-order valence-electron chi connectivity index (χ2n) is 3.19. The van der Waals surface area contributed by atoms with Gasteiger partial charge in [0.25, 0.3) is 0 Å². The number of nitrogens with zero attached hydrogens (tertiary/aromatic N) is 2. The van der Waals surface area contributed by atoms with E-state index < -0.39 is 0 Å². The first-order valence-electron chi connectivity index (χ1n) is 5.40. The maximum atomic E-state index is 5.43. The van der Waals surface area contributed by atoms with Gasteiger partial charge in [-0.15, -0.1) is 0 Å². The minimum Gasteiger partial charge on any atom is -0.352 e. The van der Waals surface area contributed by atoms with Crippen molar-refractivity contribution in [1.29, 1.82) is 0 Å². The molecule has 0 N–H and O–H groups in total. The third kappa shape index (κ3) is 4.92. The van der Waals surface area contributed by atoms with Crippen LogP contribution in [0.5, 0.6) is 0 Å². The molecule has 0 amide bonds. The Balaban J connectivity index is 2.38. The summed E-state index contributed by atoms with van der Waals surface area (Å²) in [5.74, 6) is 0.713. The summed E-state index contributed by atoms with van der Waals surface area (Å²) in [4.78, 5) is 8.42.